The van der Waals surface area contributed by atoms with Crippen molar-refractivity contribution in [1.82, 2.24) is 21.5 Å². The number of amides is 4. The Kier molecular flexibility index (Phi) is 4.96. The van der Waals surface area contributed by atoms with E-state index in [1.165, 1.54) is 0 Å². The third-order valence-corrected chi connectivity index (χ3v) is 3.18. The van der Waals surface area contributed by atoms with Gasteiger partial charge in [-0.05, 0) is 24.6 Å². The second-order valence-corrected chi connectivity index (χ2v) is 4.91. The minimum atomic E-state index is -0.605. The summed E-state index contributed by atoms with van der Waals surface area (Å²) in [6.07, 6.45) is 0. The molecule has 1 saturated heterocycles. The molecule has 8 nitrogen and oxygen atoms in total. The van der Waals surface area contributed by atoms with E-state index in [0.29, 0.717) is 18.8 Å². The highest BCUT2D eigenvalue weighted by Crippen LogP contribution is 2.15. The van der Waals surface area contributed by atoms with Gasteiger partial charge in [0.25, 0.3) is 0 Å². The molecule has 0 bridgehead atoms. The normalized spacial score (nSPS) is 16.2. The van der Waals surface area contributed by atoms with Gasteiger partial charge in [0.2, 0.25) is 0 Å². The molecule has 1 aliphatic rings. The van der Waals surface area contributed by atoms with Gasteiger partial charge in [-0.3, -0.25) is 10.9 Å². The fraction of sp³-hybridized carbons (Fsp3) is 0.385. The third-order valence-electron chi connectivity index (χ3n) is 3.18. The second kappa shape index (κ2) is 6.91. The number of nitrogens with one attached hydrogen (secondary N) is 5. The number of rotatable bonds is 4. The van der Waals surface area contributed by atoms with Crippen molar-refractivity contribution < 1.29 is 9.59 Å². The molecular formula is C13H20N6O2. The van der Waals surface area contributed by atoms with Crippen molar-refractivity contribution in [3.8, 4) is 0 Å². The number of carbonyl (C=O) groups excluding carboxylic acids is 2. The van der Waals surface area contributed by atoms with Crippen LogP contribution in [0.25, 0.3) is 0 Å². The van der Waals surface area contributed by atoms with Crippen LogP contribution in [0.1, 0.15) is 18.5 Å². The Morgan fingerprint density at radius 2 is 1.86 bits per heavy atom. The van der Waals surface area contributed by atoms with E-state index in [4.69, 9.17) is 5.73 Å². The zero-order chi connectivity index (χ0) is 15.2. The number of anilines is 1. The first-order valence-electron chi connectivity index (χ1n) is 6.74. The average Bonchev–Trinajstić information content (AvgIpc) is 2.91. The Morgan fingerprint density at radius 1 is 1.24 bits per heavy atom. The average molecular weight is 292 g/mol. The number of nitrogens with two attached hydrogens (primary N) is 1. The fourth-order valence-electron chi connectivity index (χ4n) is 2.07. The fourth-order valence-corrected chi connectivity index (χ4v) is 2.07. The first-order valence-corrected chi connectivity index (χ1v) is 6.74. The molecule has 0 spiro atoms. The first-order chi connectivity index (χ1) is 10.0. The van der Waals surface area contributed by atoms with E-state index in [1.54, 1.807) is 12.1 Å². The van der Waals surface area contributed by atoms with Crippen LogP contribution in [0.2, 0.25) is 0 Å². The summed E-state index contributed by atoms with van der Waals surface area (Å²) in [5.74, 6) is 0. The summed E-state index contributed by atoms with van der Waals surface area (Å²) in [7, 11) is 0. The summed E-state index contributed by atoms with van der Waals surface area (Å²) < 4.78 is 0. The van der Waals surface area contributed by atoms with Crippen molar-refractivity contribution in [2.24, 2.45) is 5.73 Å². The van der Waals surface area contributed by atoms with Crippen molar-refractivity contribution in [3.05, 3.63) is 29.8 Å². The summed E-state index contributed by atoms with van der Waals surface area (Å²) in [6, 6.07) is 6.25. The number of hydrogen-bond donors (Lipinski definition) is 6. The van der Waals surface area contributed by atoms with E-state index in [1.807, 2.05) is 19.1 Å². The highest BCUT2D eigenvalue weighted by molar-refractivity contribution is 5.87. The maximum absolute atomic E-state index is 11.8. The van der Waals surface area contributed by atoms with E-state index in [0.717, 1.165) is 5.56 Å². The van der Waals surface area contributed by atoms with Gasteiger partial charge in [0.1, 0.15) is 0 Å². The molecular weight excluding hydrogens is 272 g/mol. The zero-order valence-electron chi connectivity index (χ0n) is 11.8. The molecule has 0 saturated carbocycles. The standard InChI is InChI=1S/C13H20N6O2/c1-8(17-13(21)19-11-6-15-16-7-11)9-2-4-10(5-3-9)18-12(14)20/h2-5,8,11,15-16H,6-7H2,1H3,(H3,14,18,20)(H2,17,19,21). The topological polar surface area (TPSA) is 120 Å². The lowest BCUT2D eigenvalue weighted by molar-refractivity contribution is 0.235. The highest BCUT2D eigenvalue weighted by atomic mass is 16.2. The molecule has 21 heavy (non-hydrogen) atoms. The molecule has 1 aliphatic heterocycles. The summed E-state index contributed by atoms with van der Waals surface area (Å²) >= 11 is 0. The molecule has 8 heteroatoms. The zero-order valence-corrected chi connectivity index (χ0v) is 11.8. The molecule has 1 unspecified atom stereocenters. The first kappa shape index (κ1) is 15.1. The van der Waals surface area contributed by atoms with Gasteiger partial charge in [0, 0.05) is 18.8 Å². The van der Waals surface area contributed by atoms with E-state index < -0.39 is 6.03 Å². The largest absolute Gasteiger partial charge is 0.351 e. The van der Waals surface area contributed by atoms with Gasteiger partial charge in [-0.2, -0.15) is 0 Å². The minimum Gasteiger partial charge on any atom is -0.351 e. The quantitative estimate of drug-likeness (QED) is 0.468. The summed E-state index contributed by atoms with van der Waals surface area (Å²) in [5, 5.41) is 8.22. The van der Waals surface area contributed by atoms with Gasteiger partial charge < -0.3 is 21.7 Å². The van der Waals surface area contributed by atoms with E-state index in [2.05, 4.69) is 26.8 Å². The molecule has 4 amide bonds. The van der Waals surface area contributed by atoms with Crippen LogP contribution < -0.4 is 32.5 Å². The van der Waals surface area contributed by atoms with Crippen LogP contribution in [0.15, 0.2) is 24.3 Å². The molecule has 1 aromatic carbocycles. The molecule has 1 fully saturated rings. The third kappa shape index (κ3) is 4.62. The van der Waals surface area contributed by atoms with E-state index >= 15 is 0 Å². The predicted molar refractivity (Wildman–Crippen MR) is 79.5 cm³/mol. The van der Waals surface area contributed by atoms with Crippen LogP contribution >= 0.6 is 0 Å². The Morgan fingerprint density at radius 3 is 2.43 bits per heavy atom. The van der Waals surface area contributed by atoms with Crippen LogP contribution in [0, 0.1) is 0 Å². The van der Waals surface area contributed by atoms with Gasteiger partial charge >= 0.3 is 12.1 Å². The van der Waals surface area contributed by atoms with E-state index in [-0.39, 0.29) is 18.1 Å². The minimum absolute atomic E-state index is 0.0827. The summed E-state index contributed by atoms with van der Waals surface area (Å²) in [5.41, 5.74) is 12.5. The molecule has 1 aromatic rings. The molecule has 1 heterocycles. The monoisotopic (exact) mass is 292 g/mol. The number of urea groups is 2. The van der Waals surface area contributed by atoms with Gasteiger partial charge in [0.15, 0.2) is 0 Å². The van der Waals surface area contributed by atoms with Gasteiger partial charge in [-0.25, -0.2) is 9.59 Å². The van der Waals surface area contributed by atoms with Crippen molar-refractivity contribution in [1.29, 1.82) is 0 Å². The second-order valence-electron chi connectivity index (χ2n) is 4.91. The summed E-state index contributed by atoms with van der Waals surface area (Å²) in [4.78, 5) is 22.6. The number of hydrazine groups is 1. The molecule has 0 radical (unpaired) electrons. The number of primary amides is 1. The maximum atomic E-state index is 11.8. The SMILES string of the molecule is CC(NC(=O)NC1CNNC1)c1ccc(NC(N)=O)cc1. The predicted octanol–water partition coefficient (Wildman–Crippen LogP) is 0.0138. The van der Waals surface area contributed by atoms with Gasteiger partial charge in [-0.1, -0.05) is 12.1 Å². The van der Waals surface area contributed by atoms with Crippen molar-refractivity contribution in [3.63, 3.8) is 0 Å². The Bertz CT molecular complexity index is 498. The van der Waals surface area contributed by atoms with Crippen molar-refractivity contribution >= 4 is 17.7 Å². The Labute approximate surface area is 122 Å². The van der Waals surface area contributed by atoms with Crippen LogP contribution in [0.3, 0.4) is 0 Å². The van der Waals surface area contributed by atoms with Crippen LogP contribution in [0.5, 0.6) is 0 Å². The summed E-state index contributed by atoms with van der Waals surface area (Å²) in [6.45, 7) is 3.30. The Hall–Kier alpha value is -2.32. The molecule has 114 valence electrons. The molecule has 0 aromatic heterocycles. The highest BCUT2D eigenvalue weighted by Gasteiger charge is 2.17. The van der Waals surface area contributed by atoms with E-state index in [9.17, 15) is 9.59 Å². The van der Waals surface area contributed by atoms with Gasteiger partial charge in [-0.15, -0.1) is 0 Å². The lowest BCUT2D eigenvalue weighted by Gasteiger charge is -2.17. The van der Waals surface area contributed by atoms with Crippen LogP contribution in [-0.2, 0) is 0 Å². The maximum Gasteiger partial charge on any atom is 0.316 e. The Balaban J connectivity index is 1.85. The lowest BCUT2D eigenvalue weighted by atomic mass is 10.1. The van der Waals surface area contributed by atoms with Crippen LogP contribution in [-0.4, -0.2) is 31.2 Å². The number of carbonyl (C=O) groups is 2. The smallest absolute Gasteiger partial charge is 0.316 e. The lowest BCUT2D eigenvalue weighted by Crippen LogP contribution is -2.45. The van der Waals surface area contributed by atoms with Crippen LogP contribution in [0.4, 0.5) is 15.3 Å². The van der Waals surface area contributed by atoms with Crippen molar-refractivity contribution in [2.45, 2.75) is 19.0 Å². The number of hydrogen-bond acceptors (Lipinski definition) is 4. The number of benzene rings is 1. The van der Waals surface area contributed by atoms with Gasteiger partial charge in [0.05, 0.1) is 12.1 Å². The molecule has 0 aliphatic carbocycles. The molecule has 1 atom stereocenters. The van der Waals surface area contributed by atoms with Crippen molar-refractivity contribution in [2.75, 3.05) is 18.4 Å². The molecule has 2 rings (SSSR count). The molecule has 7 N–H and O–H groups in total.